The minimum Gasteiger partial charge on any atom is -0.380 e. The molecule has 2 heterocycles. The van der Waals surface area contributed by atoms with Crippen LogP contribution in [0.1, 0.15) is 12.0 Å². The molecule has 0 unspecified atom stereocenters. The van der Waals surface area contributed by atoms with E-state index in [1.54, 1.807) is 0 Å². The van der Waals surface area contributed by atoms with Gasteiger partial charge in [0.15, 0.2) is 0 Å². The molecule has 0 fully saturated rings. The number of nitrogens with zero attached hydrogens (tertiary/aromatic N) is 2. The van der Waals surface area contributed by atoms with Crippen molar-refractivity contribution in [2.45, 2.75) is 13.0 Å². The van der Waals surface area contributed by atoms with E-state index in [1.807, 2.05) is 35.1 Å². The maximum absolute atomic E-state index is 5.43. The molecule has 4 nitrogen and oxygen atoms in total. The molecule has 0 saturated carbocycles. The number of nitrogens with one attached hydrogen (secondary N) is 1. The minimum atomic E-state index is 0.729. The normalized spacial score (nSPS) is 10.9. The summed E-state index contributed by atoms with van der Waals surface area (Å²) >= 11 is 0. The van der Waals surface area contributed by atoms with Crippen molar-refractivity contribution in [2.75, 3.05) is 19.8 Å². The van der Waals surface area contributed by atoms with Crippen LogP contribution in [0.25, 0.3) is 5.52 Å². The average molecular weight is 245 g/mol. The number of pyridine rings is 1. The predicted octanol–water partition coefficient (Wildman–Crippen LogP) is 2.02. The molecule has 0 spiro atoms. The fraction of sp³-hybridized carbons (Fsp3) is 0.357. The van der Waals surface area contributed by atoms with Crippen molar-refractivity contribution in [2.24, 2.45) is 0 Å². The molecule has 0 radical (unpaired) electrons. The zero-order valence-electron chi connectivity index (χ0n) is 10.5. The number of fused-ring (bicyclic) bond motifs is 1. The molecule has 0 aliphatic rings. The second-order valence-corrected chi connectivity index (χ2v) is 4.07. The second-order valence-electron chi connectivity index (χ2n) is 4.07. The maximum Gasteiger partial charge on any atom is 0.0706 e. The van der Waals surface area contributed by atoms with Crippen LogP contribution in [-0.2, 0) is 11.3 Å². The second kappa shape index (κ2) is 6.93. The molecule has 2 aromatic heterocycles. The summed E-state index contributed by atoms with van der Waals surface area (Å²) in [6.45, 7) is 6.80. The van der Waals surface area contributed by atoms with Gasteiger partial charge in [-0.05, 0) is 18.6 Å². The maximum atomic E-state index is 5.43. The molecule has 2 rings (SSSR count). The first-order chi connectivity index (χ1) is 8.92. The summed E-state index contributed by atoms with van der Waals surface area (Å²) < 4.78 is 7.31. The Morgan fingerprint density at radius 1 is 1.39 bits per heavy atom. The minimum absolute atomic E-state index is 0.729. The van der Waals surface area contributed by atoms with Gasteiger partial charge in [0, 0.05) is 24.8 Å². The SMILES string of the molecule is C=CCCOCCNCc1cnn2ccccc12. The van der Waals surface area contributed by atoms with Gasteiger partial charge in [0.2, 0.25) is 0 Å². The molecule has 0 aliphatic carbocycles. The standard InChI is InChI=1S/C14H19N3O/c1-2-3-9-18-10-7-15-11-13-12-16-17-8-5-4-6-14(13)17/h2,4-6,8,12,15H,1,3,7,9-11H2. The van der Waals surface area contributed by atoms with Crippen LogP contribution in [0.4, 0.5) is 0 Å². The molecule has 0 amide bonds. The Hall–Kier alpha value is -1.65. The number of rotatable bonds is 8. The lowest BCUT2D eigenvalue weighted by Gasteiger charge is -2.04. The quantitative estimate of drug-likeness (QED) is 0.571. The van der Waals surface area contributed by atoms with Gasteiger partial charge in [0.05, 0.1) is 24.9 Å². The Morgan fingerprint density at radius 2 is 2.33 bits per heavy atom. The average Bonchev–Trinajstić information content (AvgIpc) is 2.81. The van der Waals surface area contributed by atoms with E-state index in [1.165, 1.54) is 5.56 Å². The lowest BCUT2D eigenvalue weighted by Crippen LogP contribution is -2.19. The van der Waals surface area contributed by atoms with E-state index in [0.717, 1.165) is 38.2 Å². The van der Waals surface area contributed by atoms with Gasteiger partial charge in [-0.1, -0.05) is 12.1 Å². The highest BCUT2D eigenvalue weighted by Crippen LogP contribution is 2.08. The summed E-state index contributed by atoms with van der Waals surface area (Å²) in [5, 5.41) is 7.65. The molecule has 18 heavy (non-hydrogen) atoms. The fourth-order valence-corrected chi connectivity index (χ4v) is 1.76. The van der Waals surface area contributed by atoms with Crippen LogP contribution in [0.3, 0.4) is 0 Å². The van der Waals surface area contributed by atoms with Crippen LogP contribution in [0, 0.1) is 0 Å². The Labute approximate surface area is 107 Å². The van der Waals surface area contributed by atoms with Crippen LogP contribution in [0.5, 0.6) is 0 Å². The van der Waals surface area contributed by atoms with Crippen molar-refractivity contribution in [1.29, 1.82) is 0 Å². The monoisotopic (exact) mass is 245 g/mol. The third-order valence-corrected chi connectivity index (χ3v) is 2.71. The van der Waals surface area contributed by atoms with Crippen LogP contribution >= 0.6 is 0 Å². The highest BCUT2D eigenvalue weighted by molar-refractivity contribution is 5.53. The van der Waals surface area contributed by atoms with Crippen molar-refractivity contribution < 1.29 is 4.74 Å². The molecule has 96 valence electrons. The first-order valence-electron chi connectivity index (χ1n) is 6.22. The van der Waals surface area contributed by atoms with Gasteiger partial charge in [-0.15, -0.1) is 6.58 Å². The Morgan fingerprint density at radius 3 is 3.22 bits per heavy atom. The van der Waals surface area contributed by atoms with E-state index in [4.69, 9.17) is 4.74 Å². The molecule has 1 N–H and O–H groups in total. The Kier molecular flexibility index (Phi) is 4.93. The van der Waals surface area contributed by atoms with Crippen molar-refractivity contribution >= 4 is 5.52 Å². The third kappa shape index (κ3) is 3.42. The number of hydrogen-bond acceptors (Lipinski definition) is 3. The van der Waals surface area contributed by atoms with Crippen molar-refractivity contribution in [1.82, 2.24) is 14.9 Å². The summed E-state index contributed by atoms with van der Waals surface area (Å²) in [6, 6.07) is 6.08. The Balaban J connectivity index is 1.72. The zero-order chi connectivity index (χ0) is 12.6. The summed E-state index contributed by atoms with van der Waals surface area (Å²) in [7, 11) is 0. The van der Waals surface area contributed by atoms with Gasteiger partial charge in [0.1, 0.15) is 0 Å². The van der Waals surface area contributed by atoms with Crippen LogP contribution in [0.15, 0.2) is 43.2 Å². The van der Waals surface area contributed by atoms with Gasteiger partial charge >= 0.3 is 0 Å². The van der Waals surface area contributed by atoms with E-state index >= 15 is 0 Å². The molecule has 0 aromatic carbocycles. The molecule has 2 aromatic rings. The van der Waals surface area contributed by atoms with Crippen LogP contribution < -0.4 is 5.32 Å². The smallest absolute Gasteiger partial charge is 0.0706 e. The summed E-state index contributed by atoms with van der Waals surface area (Å²) in [5.41, 5.74) is 2.36. The summed E-state index contributed by atoms with van der Waals surface area (Å²) in [4.78, 5) is 0. The van der Waals surface area contributed by atoms with Crippen LogP contribution in [-0.4, -0.2) is 29.4 Å². The number of hydrogen-bond donors (Lipinski definition) is 1. The van der Waals surface area contributed by atoms with E-state index in [0.29, 0.717) is 0 Å². The highest BCUT2D eigenvalue weighted by Gasteiger charge is 2.01. The van der Waals surface area contributed by atoms with Gasteiger partial charge in [-0.2, -0.15) is 5.10 Å². The highest BCUT2D eigenvalue weighted by atomic mass is 16.5. The topological polar surface area (TPSA) is 38.6 Å². The van der Waals surface area contributed by atoms with Crippen LogP contribution in [0.2, 0.25) is 0 Å². The largest absolute Gasteiger partial charge is 0.380 e. The number of ether oxygens (including phenoxy) is 1. The van der Waals surface area contributed by atoms with Crippen molar-refractivity contribution in [3.63, 3.8) is 0 Å². The molecule has 0 saturated heterocycles. The lowest BCUT2D eigenvalue weighted by atomic mass is 10.2. The van der Waals surface area contributed by atoms with E-state index in [9.17, 15) is 0 Å². The summed E-state index contributed by atoms with van der Waals surface area (Å²) in [6.07, 6.45) is 6.64. The molecular formula is C14H19N3O. The van der Waals surface area contributed by atoms with Crippen molar-refractivity contribution in [3.05, 3.63) is 48.8 Å². The lowest BCUT2D eigenvalue weighted by molar-refractivity contribution is 0.140. The number of aromatic nitrogens is 2. The van der Waals surface area contributed by atoms with E-state index < -0.39 is 0 Å². The van der Waals surface area contributed by atoms with Gasteiger partial charge in [0.25, 0.3) is 0 Å². The van der Waals surface area contributed by atoms with E-state index in [-0.39, 0.29) is 0 Å². The third-order valence-electron chi connectivity index (χ3n) is 2.71. The van der Waals surface area contributed by atoms with Gasteiger partial charge < -0.3 is 10.1 Å². The molecule has 0 bridgehead atoms. The first-order valence-corrected chi connectivity index (χ1v) is 6.22. The van der Waals surface area contributed by atoms with Crippen molar-refractivity contribution in [3.8, 4) is 0 Å². The molecule has 0 atom stereocenters. The summed E-state index contributed by atoms with van der Waals surface area (Å²) in [5.74, 6) is 0. The zero-order valence-corrected chi connectivity index (χ0v) is 10.5. The molecular weight excluding hydrogens is 226 g/mol. The molecule has 4 heteroatoms. The first kappa shape index (κ1) is 12.8. The predicted molar refractivity (Wildman–Crippen MR) is 72.5 cm³/mol. The fourth-order valence-electron chi connectivity index (χ4n) is 1.76. The van der Waals surface area contributed by atoms with Gasteiger partial charge in [-0.3, -0.25) is 0 Å². The van der Waals surface area contributed by atoms with Gasteiger partial charge in [-0.25, -0.2) is 4.52 Å². The Bertz CT molecular complexity index is 492. The van der Waals surface area contributed by atoms with E-state index in [2.05, 4.69) is 23.1 Å². The molecule has 0 aliphatic heterocycles.